The van der Waals surface area contributed by atoms with Crippen molar-refractivity contribution in [2.24, 2.45) is 0 Å². The summed E-state index contributed by atoms with van der Waals surface area (Å²) < 4.78 is 11.9. The first kappa shape index (κ1) is 16.8. The van der Waals surface area contributed by atoms with Gasteiger partial charge in [-0.05, 0) is 35.9 Å². The number of Topliss-reactive ketones (excluding diaryl/α,β-unsaturated/α-hetero) is 1. The van der Waals surface area contributed by atoms with Crippen molar-refractivity contribution in [2.45, 2.75) is 12.5 Å². The number of fused-ring (bicyclic) bond motifs is 1. The van der Waals surface area contributed by atoms with Crippen molar-refractivity contribution in [1.82, 2.24) is 4.98 Å². The third-order valence-electron chi connectivity index (χ3n) is 4.42. The maximum absolute atomic E-state index is 12.0. The Morgan fingerprint density at radius 1 is 1.11 bits per heavy atom. The third kappa shape index (κ3) is 3.51. The average molecular weight is 356 g/mol. The molecule has 0 bridgehead atoms. The molecule has 0 aliphatic carbocycles. The second-order valence-corrected chi connectivity index (χ2v) is 6.20. The maximum atomic E-state index is 12.0. The van der Waals surface area contributed by atoms with E-state index in [0.29, 0.717) is 35.7 Å². The maximum Gasteiger partial charge on any atom is 0.169 e. The molecule has 2 aromatic carbocycles. The zero-order chi connectivity index (χ0) is 18.6. The van der Waals surface area contributed by atoms with Crippen LogP contribution in [-0.2, 0) is 0 Å². The number of carbonyl (C=O) groups is 1. The van der Waals surface area contributed by atoms with E-state index in [9.17, 15) is 4.79 Å². The molecule has 0 fully saturated rings. The second kappa shape index (κ2) is 7.30. The fraction of sp³-hybridized carbons (Fsp3) is 0.136. The van der Waals surface area contributed by atoms with E-state index in [-0.39, 0.29) is 5.78 Å². The Kier molecular flexibility index (Phi) is 4.54. The minimum Gasteiger partial charge on any atom is -0.492 e. The zero-order valence-corrected chi connectivity index (χ0v) is 14.5. The summed E-state index contributed by atoms with van der Waals surface area (Å²) in [6, 6.07) is 18.4. The number of nitriles is 1. The number of ketones is 1. The van der Waals surface area contributed by atoms with Gasteiger partial charge in [0.1, 0.15) is 11.5 Å². The Hall–Kier alpha value is -3.65. The number of carbonyl (C=O) groups excluding carboxylic acids is 1. The molecule has 1 aliphatic rings. The van der Waals surface area contributed by atoms with Gasteiger partial charge in [0.2, 0.25) is 0 Å². The molecule has 1 aromatic heterocycles. The summed E-state index contributed by atoms with van der Waals surface area (Å²) in [5.74, 6) is 1.23. The van der Waals surface area contributed by atoms with Gasteiger partial charge in [0, 0.05) is 30.4 Å². The lowest BCUT2D eigenvalue weighted by Gasteiger charge is -2.22. The summed E-state index contributed by atoms with van der Waals surface area (Å²) in [4.78, 5) is 16.2. The lowest BCUT2D eigenvalue weighted by molar-refractivity contribution is 0.0933. The van der Waals surface area contributed by atoms with Crippen LogP contribution in [0.4, 0.5) is 0 Å². The van der Waals surface area contributed by atoms with Gasteiger partial charge in [0.15, 0.2) is 11.9 Å². The summed E-state index contributed by atoms with van der Waals surface area (Å²) in [6.07, 6.45) is 3.46. The highest BCUT2D eigenvalue weighted by Crippen LogP contribution is 2.33. The van der Waals surface area contributed by atoms with Gasteiger partial charge in [-0.2, -0.15) is 5.26 Å². The number of hydrogen-bond acceptors (Lipinski definition) is 5. The normalized spacial score (nSPS) is 13.8. The highest BCUT2D eigenvalue weighted by Gasteiger charge is 2.21. The Labute approximate surface area is 156 Å². The van der Waals surface area contributed by atoms with Gasteiger partial charge in [-0.15, -0.1) is 0 Å². The summed E-state index contributed by atoms with van der Waals surface area (Å²) in [6.45, 7) is 0.386. The van der Waals surface area contributed by atoms with Crippen LogP contribution in [0, 0.1) is 11.3 Å². The summed E-state index contributed by atoms with van der Waals surface area (Å²) in [7, 11) is 0. The molecule has 0 amide bonds. The van der Waals surface area contributed by atoms with E-state index >= 15 is 0 Å². The predicted molar refractivity (Wildman–Crippen MR) is 98.7 cm³/mol. The highest BCUT2D eigenvalue weighted by molar-refractivity contribution is 5.99. The molecule has 1 unspecified atom stereocenters. The summed E-state index contributed by atoms with van der Waals surface area (Å²) in [5, 5.41) is 9.02. The number of pyridine rings is 1. The van der Waals surface area contributed by atoms with Gasteiger partial charge in [-0.3, -0.25) is 9.78 Å². The first-order valence-corrected chi connectivity index (χ1v) is 8.61. The van der Waals surface area contributed by atoms with Crippen LogP contribution < -0.4 is 9.47 Å². The van der Waals surface area contributed by atoms with E-state index in [2.05, 4.69) is 11.1 Å². The molecule has 5 nitrogen and oxygen atoms in total. The number of hydrogen-bond donors (Lipinski definition) is 0. The van der Waals surface area contributed by atoms with Gasteiger partial charge >= 0.3 is 0 Å². The van der Waals surface area contributed by atoms with Crippen LogP contribution >= 0.6 is 0 Å². The van der Waals surface area contributed by atoms with Crippen LogP contribution in [0.5, 0.6) is 11.5 Å². The van der Waals surface area contributed by atoms with Crippen LogP contribution in [0.3, 0.4) is 0 Å². The van der Waals surface area contributed by atoms with E-state index in [1.165, 1.54) is 0 Å². The van der Waals surface area contributed by atoms with E-state index in [1.54, 1.807) is 42.7 Å². The second-order valence-electron chi connectivity index (χ2n) is 6.20. The van der Waals surface area contributed by atoms with Crippen molar-refractivity contribution in [2.75, 3.05) is 6.61 Å². The van der Waals surface area contributed by atoms with E-state index in [4.69, 9.17) is 14.7 Å². The van der Waals surface area contributed by atoms with Crippen LogP contribution in [-0.4, -0.2) is 17.4 Å². The van der Waals surface area contributed by atoms with Crippen molar-refractivity contribution < 1.29 is 14.3 Å². The average Bonchev–Trinajstić information content (AvgIpc) is 2.73. The van der Waals surface area contributed by atoms with E-state index < -0.39 is 6.10 Å². The molecule has 5 heteroatoms. The first-order valence-electron chi connectivity index (χ1n) is 8.61. The monoisotopic (exact) mass is 356 g/mol. The molecule has 1 aliphatic heterocycles. The molecule has 0 saturated carbocycles. The molecule has 27 heavy (non-hydrogen) atoms. The van der Waals surface area contributed by atoms with Crippen molar-refractivity contribution >= 4 is 5.78 Å². The van der Waals surface area contributed by atoms with Crippen LogP contribution in [0.1, 0.15) is 39.6 Å². The van der Waals surface area contributed by atoms with Gasteiger partial charge in [0.05, 0.1) is 23.8 Å². The van der Waals surface area contributed by atoms with Crippen LogP contribution in [0.2, 0.25) is 0 Å². The fourth-order valence-electron chi connectivity index (χ4n) is 3.04. The minimum absolute atomic E-state index is 0.0821. The Morgan fingerprint density at radius 3 is 2.70 bits per heavy atom. The summed E-state index contributed by atoms with van der Waals surface area (Å²) in [5.41, 5.74) is 2.96. The molecule has 4 rings (SSSR count). The number of ether oxygens (including phenoxy) is 2. The molecule has 0 spiro atoms. The Bertz CT molecular complexity index is 1010. The highest BCUT2D eigenvalue weighted by atomic mass is 16.5. The van der Waals surface area contributed by atoms with Gasteiger partial charge < -0.3 is 9.47 Å². The molecule has 132 valence electrons. The smallest absolute Gasteiger partial charge is 0.169 e. The number of aromatic nitrogens is 1. The van der Waals surface area contributed by atoms with Gasteiger partial charge in [-0.1, -0.05) is 18.2 Å². The molecule has 0 saturated heterocycles. The molecule has 1 atom stereocenters. The third-order valence-corrected chi connectivity index (χ3v) is 4.42. The quantitative estimate of drug-likeness (QED) is 0.704. The number of nitrogens with zero attached hydrogens (tertiary/aromatic N) is 2. The molecule has 0 radical (unpaired) electrons. The van der Waals surface area contributed by atoms with E-state index in [1.807, 2.05) is 24.3 Å². The van der Waals surface area contributed by atoms with Crippen molar-refractivity contribution in [3.63, 3.8) is 0 Å². The zero-order valence-electron chi connectivity index (χ0n) is 14.5. The van der Waals surface area contributed by atoms with Crippen molar-refractivity contribution in [3.8, 4) is 17.6 Å². The van der Waals surface area contributed by atoms with Crippen molar-refractivity contribution in [3.05, 3.63) is 89.2 Å². The first-order chi connectivity index (χ1) is 13.2. The minimum atomic E-state index is -0.399. The Balaban J connectivity index is 1.69. The molecular formula is C22H16N2O3. The lowest BCUT2D eigenvalue weighted by Crippen LogP contribution is -2.15. The SMILES string of the molecule is N#Cc1ccc(C(Oc2ccc3c(c2)OCCC3=O)c2cccnc2)cc1. The topological polar surface area (TPSA) is 72.2 Å². The number of benzene rings is 2. The van der Waals surface area contributed by atoms with Crippen molar-refractivity contribution in [1.29, 1.82) is 5.26 Å². The van der Waals surface area contributed by atoms with Gasteiger partial charge in [0.25, 0.3) is 0 Å². The van der Waals surface area contributed by atoms with Crippen LogP contribution in [0.15, 0.2) is 67.0 Å². The standard InChI is InChI=1S/C22H16N2O3/c23-13-15-3-5-16(6-4-15)22(17-2-1-10-24-14-17)27-18-7-8-19-20(25)9-11-26-21(19)12-18/h1-8,10,12,14,22H,9,11H2. The summed E-state index contributed by atoms with van der Waals surface area (Å²) >= 11 is 0. The predicted octanol–water partition coefficient (Wildman–Crippen LogP) is 4.09. The molecule has 0 N–H and O–H groups in total. The lowest BCUT2D eigenvalue weighted by atomic mass is 10.0. The molecule has 2 heterocycles. The van der Waals surface area contributed by atoms with E-state index in [0.717, 1.165) is 11.1 Å². The Morgan fingerprint density at radius 2 is 1.96 bits per heavy atom. The van der Waals surface area contributed by atoms with Gasteiger partial charge in [-0.25, -0.2) is 0 Å². The molecular weight excluding hydrogens is 340 g/mol. The fourth-order valence-corrected chi connectivity index (χ4v) is 3.04. The molecule has 3 aromatic rings. The number of rotatable bonds is 4. The van der Waals surface area contributed by atoms with Crippen LogP contribution in [0.25, 0.3) is 0 Å². The largest absolute Gasteiger partial charge is 0.492 e.